The van der Waals surface area contributed by atoms with Crippen molar-refractivity contribution in [2.75, 3.05) is 7.11 Å². The molecule has 0 aromatic heterocycles. The fraction of sp³-hybridized carbons (Fsp3) is 0.308. The van der Waals surface area contributed by atoms with Crippen LogP contribution in [0.5, 0.6) is 5.75 Å². The zero-order valence-corrected chi connectivity index (χ0v) is 19.3. The van der Waals surface area contributed by atoms with Gasteiger partial charge in [-0.3, -0.25) is 0 Å². The highest BCUT2D eigenvalue weighted by molar-refractivity contribution is 5.75. The largest absolute Gasteiger partial charge is 0.496 e. The minimum atomic E-state index is -5.08. The molecule has 0 aliphatic heterocycles. The number of methoxy groups -OCH3 is 1. The SMILES string of the molecule is COc1ccc(C(C)C)cc1-c1ccc(C(F)(F)F)cc1Cc1cc(C(F)(F)F)cc(C(F)(F)F)c1. The highest BCUT2D eigenvalue weighted by Gasteiger charge is 2.37. The average molecular weight is 520 g/mol. The maximum atomic E-state index is 13.5. The summed E-state index contributed by atoms with van der Waals surface area (Å²) in [5.41, 5.74) is -3.31. The van der Waals surface area contributed by atoms with Crippen molar-refractivity contribution in [3.63, 3.8) is 0 Å². The smallest absolute Gasteiger partial charge is 0.416 e. The van der Waals surface area contributed by atoms with E-state index < -0.39 is 47.2 Å². The number of ether oxygens (including phenoxy) is 1. The van der Waals surface area contributed by atoms with Crippen LogP contribution in [0.1, 0.15) is 53.1 Å². The summed E-state index contributed by atoms with van der Waals surface area (Å²) >= 11 is 0. The van der Waals surface area contributed by atoms with Gasteiger partial charge in [-0.25, -0.2) is 0 Å². The van der Waals surface area contributed by atoms with E-state index in [1.165, 1.54) is 7.11 Å². The number of hydrogen-bond acceptors (Lipinski definition) is 1. The van der Waals surface area contributed by atoms with Crippen molar-refractivity contribution in [3.8, 4) is 16.9 Å². The second kappa shape index (κ2) is 9.71. The molecule has 3 aromatic carbocycles. The number of rotatable bonds is 5. The van der Waals surface area contributed by atoms with E-state index in [-0.39, 0.29) is 23.1 Å². The van der Waals surface area contributed by atoms with Gasteiger partial charge in [0.15, 0.2) is 0 Å². The summed E-state index contributed by atoms with van der Waals surface area (Å²) in [6, 6.07) is 8.77. The molecule has 0 heterocycles. The van der Waals surface area contributed by atoms with Gasteiger partial charge in [-0.15, -0.1) is 0 Å². The molecule has 0 N–H and O–H groups in total. The van der Waals surface area contributed by atoms with Crippen LogP contribution in [0.15, 0.2) is 54.6 Å². The van der Waals surface area contributed by atoms with E-state index in [2.05, 4.69) is 0 Å². The van der Waals surface area contributed by atoms with Gasteiger partial charge in [0, 0.05) is 5.56 Å². The zero-order valence-electron chi connectivity index (χ0n) is 19.3. The monoisotopic (exact) mass is 520 g/mol. The maximum Gasteiger partial charge on any atom is 0.416 e. The van der Waals surface area contributed by atoms with Crippen LogP contribution in [-0.4, -0.2) is 7.11 Å². The van der Waals surface area contributed by atoms with E-state index in [1.807, 2.05) is 13.8 Å². The Morgan fingerprint density at radius 3 is 1.67 bits per heavy atom. The molecule has 0 unspecified atom stereocenters. The molecule has 0 radical (unpaired) electrons. The van der Waals surface area contributed by atoms with Gasteiger partial charge in [0.2, 0.25) is 0 Å². The van der Waals surface area contributed by atoms with Crippen LogP contribution >= 0.6 is 0 Å². The summed E-state index contributed by atoms with van der Waals surface area (Å²) in [5.74, 6) is 0.325. The molecular formula is C26H21F9O. The number of benzene rings is 3. The third-order valence-corrected chi connectivity index (χ3v) is 5.65. The van der Waals surface area contributed by atoms with Crippen molar-refractivity contribution in [2.45, 2.75) is 44.7 Å². The Kier molecular flexibility index (Phi) is 7.39. The van der Waals surface area contributed by atoms with Crippen LogP contribution in [0.2, 0.25) is 0 Å². The van der Waals surface area contributed by atoms with Crippen molar-refractivity contribution < 1.29 is 44.3 Å². The Morgan fingerprint density at radius 2 is 1.19 bits per heavy atom. The predicted octanol–water partition coefficient (Wildman–Crippen LogP) is 9.13. The van der Waals surface area contributed by atoms with E-state index in [0.717, 1.165) is 23.8 Å². The molecule has 0 bridgehead atoms. The van der Waals surface area contributed by atoms with Crippen LogP contribution in [-0.2, 0) is 24.9 Å². The Balaban J connectivity index is 2.26. The number of alkyl halides is 9. The Labute approximate surface area is 201 Å². The Morgan fingerprint density at radius 1 is 0.639 bits per heavy atom. The summed E-state index contributed by atoms with van der Waals surface area (Å²) in [6.07, 6.45) is -15.5. The first-order valence-corrected chi connectivity index (χ1v) is 10.7. The molecule has 0 saturated heterocycles. The molecule has 0 aliphatic rings. The molecule has 0 saturated carbocycles. The molecule has 1 nitrogen and oxygen atoms in total. The van der Waals surface area contributed by atoms with Crippen molar-refractivity contribution in [1.29, 1.82) is 0 Å². The lowest BCUT2D eigenvalue weighted by molar-refractivity contribution is -0.143. The first kappa shape index (κ1) is 27.4. The van der Waals surface area contributed by atoms with Gasteiger partial charge in [0.1, 0.15) is 5.75 Å². The molecule has 0 atom stereocenters. The molecule has 10 heteroatoms. The first-order valence-electron chi connectivity index (χ1n) is 10.7. The number of halogens is 9. The lowest BCUT2D eigenvalue weighted by atomic mass is 9.89. The molecule has 0 amide bonds. The minimum absolute atomic E-state index is 0.0221. The Bertz CT molecular complexity index is 1200. The number of hydrogen-bond donors (Lipinski definition) is 0. The van der Waals surface area contributed by atoms with Crippen LogP contribution < -0.4 is 4.74 Å². The lowest BCUT2D eigenvalue weighted by Crippen LogP contribution is -2.12. The van der Waals surface area contributed by atoms with Gasteiger partial charge in [0.25, 0.3) is 0 Å². The normalized spacial score (nSPS) is 12.8. The van der Waals surface area contributed by atoms with Crippen molar-refractivity contribution in [3.05, 3.63) is 88.0 Å². The topological polar surface area (TPSA) is 9.23 Å². The van der Waals surface area contributed by atoms with E-state index in [0.29, 0.717) is 23.4 Å². The molecule has 36 heavy (non-hydrogen) atoms. The third-order valence-electron chi connectivity index (χ3n) is 5.65. The van der Waals surface area contributed by atoms with Gasteiger partial charge >= 0.3 is 18.5 Å². The van der Waals surface area contributed by atoms with Crippen LogP contribution in [0.25, 0.3) is 11.1 Å². The summed E-state index contributed by atoms with van der Waals surface area (Å²) in [4.78, 5) is 0. The highest BCUT2D eigenvalue weighted by atomic mass is 19.4. The Hall–Kier alpha value is -3.17. The molecule has 0 aliphatic carbocycles. The molecule has 0 spiro atoms. The summed E-state index contributed by atoms with van der Waals surface area (Å²) in [6.45, 7) is 3.78. The van der Waals surface area contributed by atoms with E-state index in [4.69, 9.17) is 4.74 Å². The summed E-state index contributed by atoms with van der Waals surface area (Å²) in [5, 5.41) is 0. The molecular weight excluding hydrogens is 499 g/mol. The van der Waals surface area contributed by atoms with E-state index >= 15 is 0 Å². The van der Waals surface area contributed by atoms with Gasteiger partial charge in [-0.05, 0) is 77.1 Å². The van der Waals surface area contributed by atoms with Gasteiger partial charge in [-0.2, -0.15) is 39.5 Å². The fourth-order valence-corrected chi connectivity index (χ4v) is 3.82. The highest BCUT2D eigenvalue weighted by Crippen LogP contribution is 2.41. The summed E-state index contributed by atoms with van der Waals surface area (Å²) < 4.78 is 126. The van der Waals surface area contributed by atoms with Crippen molar-refractivity contribution in [1.82, 2.24) is 0 Å². The van der Waals surface area contributed by atoms with Crippen LogP contribution in [0, 0.1) is 0 Å². The van der Waals surface area contributed by atoms with Crippen molar-refractivity contribution in [2.24, 2.45) is 0 Å². The van der Waals surface area contributed by atoms with Gasteiger partial charge < -0.3 is 4.74 Å². The minimum Gasteiger partial charge on any atom is -0.496 e. The lowest BCUT2D eigenvalue weighted by Gasteiger charge is -2.19. The standard InChI is InChI=1S/C26H21F9O/c1-14(2)16-4-7-23(36-3)22(12-16)21-6-5-18(24(27,28)29)11-17(21)8-15-9-19(25(30,31)32)13-20(10-15)26(33,34)35/h4-7,9-14H,8H2,1-3H3. The van der Waals surface area contributed by atoms with Gasteiger partial charge in [0.05, 0.1) is 23.8 Å². The van der Waals surface area contributed by atoms with Crippen molar-refractivity contribution >= 4 is 0 Å². The van der Waals surface area contributed by atoms with Crippen LogP contribution in [0.3, 0.4) is 0 Å². The molecule has 194 valence electrons. The van der Waals surface area contributed by atoms with E-state index in [9.17, 15) is 39.5 Å². The van der Waals surface area contributed by atoms with Gasteiger partial charge in [-0.1, -0.05) is 26.0 Å². The fourth-order valence-electron chi connectivity index (χ4n) is 3.82. The summed E-state index contributed by atoms with van der Waals surface area (Å²) in [7, 11) is 1.35. The zero-order chi connectivity index (χ0) is 27.1. The third kappa shape index (κ3) is 6.14. The molecule has 3 aromatic rings. The second-order valence-electron chi connectivity index (χ2n) is 8.58. The average Bonchev–Trinajstić information content (AvgIpc) is 2.76. The van der Waals surface area contributed by atoms with Crippen LogP contribution in [0.4, 0.5) is 39.5 Å². The maximum absolute atomic E-state index is 13.5. The first-order chi connectivity index (χ1) is 16.5. The quantitative estimate of drug-likeness (QED) is 0.305. The molecule has 0 fully saturated rings. The predicted molar refractivity (Wildman–Crippen MR) is 117 cm³/mol. The second-order valence-corrected chi connectivity index (χ2v) is 8.58. The molecule has 3 rings (SSSR count). The van der Waals surface area contributed by atoms with E-state index in [1.54, 1.807) is 18.2 Å².